The van der Waals surface area contributed by atoms with Crippen LogP contribution in [-0.2, 0) is 0 Å². The zero-order valence-corrected chi connectivity index (χ0v) is 12.5. The lowest BCUT2D eigenvalue weighted by Crippen LogP contribution is -2.03. The van der Waals surface area contributed by atoms with E-state index in [1.807, 2.05) is 44.2 Å². The smallest absolute Gasteiger partial charge is 0.122 e. The summed E-state index contributed by atoms with van der Waals surface area (Å²) in [6, 6.07) is 11.6. The monoisotopic (exact) mass is 270 g/mol. The second-order valence-electron chi connectivity index (χ2n) is 5.74. The van der Waals surface area contributed by atoms with Crippen LogP contribution in [0.2, 0.25) is 0 Å². The summed E-state index contributed by atoms with van der Waals surface area (Å²) >= 11 is 0. The normalized spacial score (nSPS) is 12.7. The molecule has 0 saturated carbocycles. The Balaban J connectivity index is 2.38. The first kappa shape index (κ1) is 14.6. The minimum absolute atomic E-state index is 0.155. The van der Waals surface area contributed by atoms with E-state index in [0.29, 0.717) is 11.5 Å². The van der Waals surface area contributed by atoms with Gasteiger partial charge >= 0.3 is 0 Å². The van der Waals surface area contributed by atoms with Crippen LogP contribution in [0.25, 0.3) is 0 Å². The van der Waals surface area contributed by atoms with Crippen LogP contribution >= 0.6 is 0 Å². The SMILES string of the molecule is Cc1cc(C)c(C(O)c2ccc(C(C)C)cc2)c(O)c1. The molecule has 2 aromatic rings. The van der Waals surface area contributed by atoms with Crippen LogP contribution in [0.1, 0.15) is 53.7 Å². The molecule has 0 radical (unpaired) electrons. The molecule has 0 bridgehead atoms. The fourth-order valence-electron chi connectivity index (χ4n) is 2.54. The molecule has 0 aliphatic rings. The van der Waals surface area contributed by atoms with E-state index in [4.69, 9.17) is 0 Å². The van der Waals surface area contributed by atoms with Gasteiger partial charge in [0, 0.05) is 5.56 Å². The first-order valence-electron chi connectivity index (χ1n) is 6.98. The maximum absolute atomic E-state index is 10.5. The van der Waals surface area contributed by atoms with Crippen molar-refractivity contribution in [2.45, 2.75) is 39.7 Å². The molecule has 2 aromatic carbocycles. The van der Waals surface area contributed by atoms with Crippen LogP contribution in [0.5, 0.6) is 5.75 Å². The number of aliphatic hydroxyl groups excluding tert-OH is 1. The van der Waals surface area contributed by atoms with E-state index in [1.54, 1.807) is 6.07 Å². The van der Waals surface area contributed by atoms with Gasteiger partial charge < -0.3 is 10.2 Å². The van der Waals surface area contributed by atoms with Crippen molar-refractivity contribution in [2.75, 3.05) is 0 Å². The summed E-state index contributed by atoms with van der Waals surface area (Å²) in [7, 11) is 0. The van der Waals surface area contributed by atoms with Crippen molar-refractivity contribution in [3.8, 4) is 5.75 Å². The van der Waals surface area contributed by atoms with Crippen molar-refractivity contribution in [1.82, 2.24) is 0 Å². The minimum atomic E-state index is -0.795. The molecule has 0 aromatic heterocycles. The second kappa shape index (κ2) is 5.68. The molecule has 2 rings (SSSR count). The molecule has 0 aliphatic carbocycles. The average Bonchev–Trinajstić information content (AvgIpc) is 2.37. The number of aromatic hydroxyl groups is 1. The summed E-state index contributed by atoms with van der Waals surface area (Å²) < 4.78 is 0. The van der Waals surface area contributed by atoms with Crippen LogP contribution in [0.15, 0.2) is 36.4 Å². The summed E-state index contributed by atoms with van der Waals surface area (Å²) in [4.78, 5) is 0. The number of phenolic OH excluding ortho intramolecular Hbond substituents is 1. The largest absolute Gasteiger partial charge is 0.508 e. The Labute approximate surface area is 120 Å². The number of phenols is 1. The van der Waals surface area contributed by atoms with Crippen molar-refractivity contribution in [2.24, 2.45) is 0 Å². The van der Waals surface area contributed by atoms with Gasteiger partial charge in [0.25, 0.3) is 0 Å². The fourth-order valence-corrected chi connectivity index (χ4v) is 2.54. The summed E-state index contributed by atoms with van der Waals surface area (Å²) in [6.07, 6.45) is -0.795. The first-order chi connectivity index (χ1) is 9.40. The number of aryl methyl sites for hydroxylation is 2. The van der Waals surface area contributed by atoms with Gasteiger partial charge in [-0.15, -0.1) is 0 Å². The van der Waals surface area contributed by atoms with Gasteiger partial charge in [0.2, 0.25) is 0 Å². The maximum atomic E-state index is 10.5. The lowest BCUT2D eigenvalue weighted by molar-refractivity contribution is 0.214. The lowest BCUT2D eigenvalue weighted by Gasteiger charge is -2.17. The Kier molecular flexibility index (Phi) is 4.15. The predicted molar refractivity (Wildman–Crippen MR) is 82.2 cm³/mol. The van der Waals surface area contributed by atoms with Crippen molar-refractivity contribution >= 4 is 0 Å². The van der Waals surface area contributed by atoms with Gasteiger partial charge in [-0.2, -0.15) is 0 Å². The van der Waals surface area contributed by atoms with Gasteiger partial charge in [-0.05, 0) is 48.1 Å². The van der Waals surface area contributed by atoms with Gasteiger partial charge in [-0.25, -0.2) is 0 Å². The third kappa shape index (κ3) is 2.86. The fraction of sp³-hybridized carbons (Fsp3) is 0.333. The Morgan fingerprint density at radius 2 is 1.45 bits per heavy atom. The van der Waals surface area contributed by atoms with Crippen molar-refractivity contribution < 1.29 is 10.2 Å². The predicted octanol–water partition coefficient (Wildman–Crippen LogP) is 4.21. The summed E-state index contributed by atoms with van der Waals surface area (Å²) in [5.74, 6) is 0.624. The zero-order chi connectivity index (χ0) is 14.9. The number of aliphatic hydroxyl groups is 1. The quantitative estimate of drug-likeness (QED) is 0.877. The minimum Gasteiger partial charge on any atom is -0.508 e. The van der Waals surface area contributed by atoms with Gasteiger partial charge in [-0.3, -0.25) is 0 Å². The standard InChI is InChI=1S/C18H22O2/c1-11(2)14-5-7-15(8-6-14)18(20)17-13(4)9-12(3)10-16(17)19/h5-11,18-20H,1-4H3. The number of hydrogen-bond acceptors (Lipinski definition) is 2. The van der Waals surface area contributed by atoms with Gasteiger partial charge in [-0.1, -0.05) is 44.2 Å². The highest BCUT2D eigenvalue weighted by Crippen LogP contribution is 2.33. The van der Waals surface area contributed by atoms with Crippen molar-refractivity contribution in [1.29, 1.82) is 0 Å². The molecule has 0 amide bonds. The molecule has 1 atom stereocenters. The zero-order valence-electron chi connectivity index (χ0n) is 12.5. The van der Waals surface area contributed by atoms with Crippen LogP contribution in [0, 0.1) is 13.8 Å². The third-order valence-corrected chi connectivity index (χ3v) is 3.70. The molecule has 2 N–H and O–H groups in total. The number of hydrogen-bond donors (Lipinski definition) is 2. The molecule has 0 fully saturated rings. The van der Waals surface area contributed by atoms with E-state index in [9.17, 15) is 10.2 Å². The highest BCUT2D eigenvalue weighted by molar-refractivity contribution is 5.47. The van der Waals surface area contributed by atoms with Crippen LogP contribution < -0.4 is 0 Å². The molecule has 0 aliphatic heterocycles. The summed E-state index contributed by atoms with van der Waals surface area (Å²) in [5.41, 5.74) is 4.53. The molecular weight excluding hydrogens is 248 g/mol. The first-order valence-corrected chi connectivity index (χ1v) is 6.98. The highest BCUT2D eigenvalue weighted by atomic mass is 16.3. The molecule has 2 heteroatoms. The Morgan fingerprint density at radius 1 is 0.900 bits per heavy atom. The molecule has 20 heavy (non-hydrogen) atoms. The van der Waals surface area contributed by atoms with Gasteiger partial charge in [0.15, 0.2) is 0 Å². The molecule has 0 spiro atoms. The molecule has 2 nitrogen and oxygen atoms in total. The van der Waals surface area contributed by atoms with E-state index in [-0.39, 0.29) is 5.75 Å². The van der Waals surface area contributed by atoms with Gasteiger partial charge in [0.05, 0.1) is 0 Å². The second-order valence-corrected chi connectivity index (χ2v) is 5.74. The molecule has 1 unspecified atom stereocenters. The average molecular weight is 270 g/mol. The van der Waals surface area contributed by atoms with Crippen molar-refractivity contribution in [3.05, 3.63) is 64.2 Å². The van der Waals surface area contributed by atoms with Crippen LogP contribution in [-0.4, -0.2) is 10.2 Å². The summed E-state index contributed by atoms with van der Waals surface area (Å²) in [5, 5.41) is 20.6. The Morgan fingerprint density at radius 3 is 1.95 bits per heavy atom. The van der Waals surface area contributed by atoms with E-state index in [0.717, 1.165) is 16.7 Å². The Bertz CT molecular complexity index is 574. The van der Waals surface area contributed by atoms with Gasteiger partial charge in [0.1, 0.15) is 11.9 Å². The highest BCUT2D eigenvalue weighted by Gasteiger charge is 2.17. The lowest BCUT2D eigenvalue weighted by atomic mass is 9.93. The maximum Gasteiger partial charge on any atom is 0.122 e. The number of rotatable bonds is 3. The molecule has 0 heterocycles. The van der Waals surface area contributed by atoms with E-state index in [2.05, 4.69) is 13.8 Å². The Hall–Kier alpha value is -1.80. The van der Waals surface area contributed by atoms with Crippen LogP contribution in [0.4, 0.5) is 0 Å². The van der Waals surface area contributed by atoms with Crippen molar-refractivity contribution in [3.63, 3.8) is 0 Å². The molecule has 106 valence electrons. The van der Waals surface area contributed by atoms with E-state index < -0.39 is 6.10 Å². The topological polar surface area (TPSA) is 40.5 Å². The van der Waals surface area contributed by atoms with Crippen LogP contribution in [0.3, 0.4) is 0 Å². The molecular formula is C18H22O2. The number of benzene rings is 2. The third-order valence-electron chi connectivity index (χ3n) is 3.70. The molecule has 0 saturated heterocycles. The van der Waals surface area contributed by atoms with E-state index >= 15 is 0 Å². The summed E-state index contributed by atoms with van der Waals surface area (Å²) in [6.45, 7) is 8.12. The van der Waals surface area contributed by atoms with E-state index in [1.165, 1.54) is 5.56 Å².